The van der Waals surface area contributed by atoms with E-state index in [9.17, 15) is 17.6 Å². The molecule has 0 aromatic heterocycles. The fraction of sp³-hybridized carbons (Fsp3) is 0.316. The Morgan fingerprint density at radius 3 is 2.37 bits per heavy atom. The van der Waals surface area contributed by atoms with Gasteiger partial charge in [-0.25, -0.2) is 4.39 Å². The molecule has 27 heavy (non-hydrogen) atoms. The molecule has 0 spiro atoms. The van der Waals surface area contributed by atoms with Crippen LogP contribution in [0.3, 0.4) is 0 Å². The number of carbonyl (C=O) groups is 1. The number of halogens is 1. The van der Waals surface area contributed by atoms with Gasteiger partial charge < -0.3 is 13.8 Å². The van der Waals surface area contributed by atoms with E-state index >= 15 is 0 Å². The van der Waals surface area contributed by atoms with Crippen molar-refractivity contribution in [1.82, 2.24) is 4.90 Å². The van der Waals surface area contributed by atoms with Crippen LogP contribution >= 0.6 is 0 Å². The summed E-state index contributed by atoms with van der Waals surface area (Å²) in [6, 6.07) is 12.2. The summed E-state index contributed by atoms with van der Waals surface area (Å²) in [4.78, 5) is 14.3. The molecule has 0 fully saturated rings. The van der Waals surface area contributed by atoms with Gasteiger partial charge in [0.1, 0.15) is 11.6 Å². The third-order valence-electron chi connectivity index (χ3n) is 3.71. The van der Waals surface area contributed by atoms with Gasteiger partial charge in [-0.3, -0.25) is 4.79 Å². The molecule has 8 heteroatoms. The lowest BCUT2D eigenvalue weighted by molar-refractivity contribution is 0.0719. The summed E-state index contributed by atoms with van der Waals surface area (Å²) in [6.45, 7) is 1.11. The van der Waals surface area contributed by atoms with Crippen LogP contribution in [-0.2, 0) is 21.4 Å². The van der Waals surface area contributed by atoms with E-state index in [1.54, 1.807) is 25.3 Å². The lowest BCUT2D eigenvalue weighted by Crippen LogP contribution is -2.32. The molecule has 0 aliphatic heterocycles. The van der Waals surface area contributed by atoms with E-state index < -0.39 is 21.8 Å². The van der Waals surface area contributed by atoms with Crippen molar-refractivity contribution in [3.05, 3.63) is 65.5 Å². The first-order valence-electron chi connectivity index (χ1n) is 8.31. The molecule has 2 aromatic carbocycles. The van der Waals surface area contributed by atoms with Crippen LogP contribution in [0.4, 0.5) is 4.39 Å². The number of nitrogens with zero attached hydrogens (tertiary/aromatic N) is 1. The Labute approximate surface area is 158 Å². The molecule has 2 aromatic rings. The van der Waals surface area contributed by atoms with E-state index in [4.69, 9.17) is 8.92 Å². The molecular weight excluding hydrogens is 373 g/mol. The summed E-state index contributed by atoms with van der Waals surface area (Å²) < 4.78 is 46.2. The van der Waals surface area contributed by atoms with Gasteiger partial charge in [0.25, 0.3) is 5.91 Å². The van der Waals surface area contributed by atoms with Crippen molar-refractivity contribution in [2.24, 2.45) is 0 Å². The summed E-state index contributed by atoms with van der Waals surface area (Å²) >= 11 is 0. The van der Waals surface area contributed by atoms with Gasteiger partial charge in [-0.15, -0.1) is 0 Å². The van der Waals surface area contributed by atoms with E-state index in [0.717, 1.165) is 11.8 Å². The number of rotatable bonds is 9. The van der Waals surface area contributed by atoms with Gasteiger partial charge in [0, 0.05) is 26.8 Å². The number of carbonyl (C=O) groups excluding carboxylic acids is 1. The fourth-order valence-corrected chi connectivity index (χ4v) is 2.96. The van der Waals surface area contributed by atoms with Crippen molar-refractivity contribution in [3.8, 4) is 5.75 Å². The maximum atomic E-state index is 14.0. The molecule has 0 radical (unpaired) electrons. The fourth-order valence-electron chi connectivity index (χ4n) is 2.50. The highest BCUT2D eigenvalue weighted by molar-refractivity contribution is 7.86. The molecule has 0 unspecified atom stereocenters. The van der Waals surface area contributed by atoms with E-state index in [1.165, 1.54) is 35.2 Å². The second-order valence-corrected chi connectivity index (χ2v) is 7.56. The van der Waals surface area contributed by atoms with Crippen LogP contribution in [0, 0.1) is 5.82 Å². The summed E-state index contributed by atoms with van der Waals surface area (Å²) in [5, 5.41) is 0. The predicted octanol–water partition coefficient (Wildman–Crippen LogP) is 2.84. The summed E-state index contributed by atoms with van der Waals surface area (Å²) in [5.74, 6) is -0.801. The zero-order valence-corrected chi connectivity index (χ0v) is 16.0. The number of methoxy groups -OCH3 is 1. The van der Waals surface area contributed by atoms with Crippen molar-refractivity contribution in [1.29, 1.82) is 0 Å². The average Bonchev–Trinajstić information content (AvgIpc) is 2.61. The molecule has 1 amide bonds. The third kappa shape index (κ3) is 6.65. The Bertz CT molecular complexity index is 868. The predicted molar refractivity (Wildman–Crippen MR) is 99.5 cm³/mol. The lowest BCUT2D eigenvalue weighted by atomic mass is 10.1. The Balaban J connectivity index is 2.16. The molecule has 0 heterocycles. The van der Waals surface area contributed by atoms with Crippen LogP contribution < -0.4 is 4.18 Å². The van der Waals surface area contributed by atoms with Crippen LogP contribution in [0.1, 0.15) is 22.3 Å². The Kier molecular flexibility index (Phi) is 7.32. The number of hydrogen-bond donors (Lipinski definition) is 0. The topological polar surface area (TPSA) is 72.9 Å². The van der Waals surface area contributed by atoms with Gasteiger partial charge in [0.15, 0.2) is 0 Å². The summed E-state index contributed by atoms with van der Waals surface area (Å²) in [7, 11) is -2.03. The monoisotopic (exact) mass is 395 g/mol. The third-order valence-corrected chi connectivity index (χ3v) is 4.21. The maximum Gasteiger partial charge on any atom is 0.306 e. The van der Waals surface area contributed by atoms with Crippen molar-refractivity contribution >= 4 is 16.0 Å². The number of benzene rings is 2. The highest BCUT2D eigenvalue weighted by atomic mass is 32.2. The number of ether oxygens (including phenoxy) is 1. The minimum atomic E-state index is -3.60. The molecule has 0 saturated carbocycles. The van der Waals surface area contributed by atoms with Gasteiger partial charge in [-0.2, -0.15) is 8.42 Å². The summed E-state index contributed by atoms with van der Waals surface area (Å²) in [5.41, 5.74) is 0.768. The molecule has 146 valence electrons. The van der Waals surface area contributed by atoms with Crippen molar-refractivity contribution < 1.29 is 26.5 Å². The molecule has 2 rings (SSSR count). The zero-order chi connectivity index (χ0) is 19.9. The van der Waals surface area contributed by atoms with Gasteiger partial charge in [0.2, 0.25) is 0 Å². The normalized spacial score (nSPS) is 11.2. The van der Waals surface area contributed by atoms with Crippen molar-refractivity contribution in [2.75, 3.05) is 26.5 Å². The minimum Gasteiger partial charge on any atom is -0.385 e. The molecule has 0 saturated heterocycles. The zero-order valence-electron chi connectivity index (χ0n) is 15.2. The summed E-state index contributed by atoms with van der Waals surface area (Å²) in [6.07, 6.45) is 1.57. The molecular formula is C19H22FNO5S. The molecule has 0 N–H and O–H groups in total. The van der Waals surface area contributed by atoms with E-state index in [0.29, 0.717) is 19.6 Å². The lowest BCUT2D eigenvalue weighted by Gasteiger charge is -2.23. The molecule has 0 aliphatic rings. The van der Waals surface area contributed by atoms with Gasteiger partial charge in [-0.1, -0.05) is 24.3 Å². The van der Waals surface area contributed by atoms with Crippen molar-refractivity contribution in [2.45, 2.75) is 13.0 Å². The molecule has 0 bridgehead atoms. The highest BCUT2D eigenvalue weighted by Gasteiger charge is 2.19. The molecule has 6 nitrogen and oxygen atoms in total. The highest BCUT2D eigenvalue weighted by Crippen LogP contribution is 2.17. The van der Waals surface area contributed by atoms with Gasteiger partial charge in [-0.05, 0) is 36.2 Å². The number of amides is 1. The van der Waals surface area contributed by atoms with E-state index in [-0.39, 0.29) is 17.9 Å². The first-order valence-corrected chi connectivity index (χ1v) is 10.1. The van der Waals surface area contributed by atoms with Crippen molar-refractivity contribution in [3.63, 3.8) is 0 Å². The molecule has 0 atom stereocenters. The van der Waals surface area contributed by atoms with Gasteiger partial charge in [0.05, 0.1) is 11.8 Å². The largest absolute Gasteiger partial charge is 0.385 e. The van der Waals surface area contributed by atoms with Crippen LogP contribution in [-0.4, -0.2) is 45.7 Å². The Morgan fingerprint density at radius 2 is 1.78 bits per heavy atom. The van der Waals surface area contributed by atoms with Gasteiger partial charge >= 0.3 is 10.1 Å². The first kappa shape index (κ1) is 20.9. The van der Waals surface area contributed by atoms with E-state index in [2.05, 4.69) is 0 Å². The second-order valence-electron chi connectivity index (χ2n) is 5.98. The van der Waals surface area contributed by atoms with E-state index in [1.807, 2.05) is 0 Å². The van der Waals surface area contributed by atoms with Crippen LogP contribution in [0.5, 0.6) is 5.75 Å². The first-order chi connectivity index (χ1) is 12.8. The standard InChI is InChI=1S/C19H22FNO5S/c1-25-13-5-12-21(19(22)17-6-3-4-7-18(17)20)14-15-8-10-16(11-9-15)26-27(2,23)24/h3-4,6-11H,5,12-14H2,1-2H3. The smallest absolute Gasteiger partial charge is 0.306 e. The van der Waals surface area contributed by atoms with Crippen LogP contribution in [0.2, 0.25) is 0 Å². The SMILES string of the molecule is COCCCN(Cc1ccc(OS(C)(=O)=O)cc1)C(=O)c1ccccc1F. The average molecular weight is 395 g/mol. The maximum absolute atomic E-state index is 14.0. The molecule has 0 aliphatic carbocycles. The van der Waals surface area contributed by atoms with Crippen LogP contribution in [0.25, 0.3) is 0 Å². The van der Waals surface area contributed by atoms with Crippen LogP contribution in [0.15, 0.2) is 48.5 Å². The Hall–Kier alpha value is -2.45. The number of hydrogen-bond acceptors (Lipinski definition) is 5. The quantitative estimate of drug-likeness (QED) is 0.482. The minimum absolute atomic E-state index is 0.00643. The second kappa shape index (κ2) is 9.48. The Morgan fingerprint density at radius 1 is 1.11 bits per heavy atom.